The number of halogens is 3. The first-order chi connectivity index (χ1) is 19.5. The molecule has 14 heteroatoms. The number of aromatic nitrogens is 2. The van der Waals surface area contributed by atoms with Crippen molar-refractivity contribution < 1.29 is 27.7 Å². The zero-order chi connectivity index (χ0) is 29.6. The van der Waals surface area contributed by atoms with Gasteiger partial charge in [0.25, 0.3) is 11.6 Å². The van der Waals surface area contributed by atoms with Crippen LogP contribution in [0, 0.1) is 10.1 Å². The molecule has 0 spiro atoms. The number of alkyl halides is 3. The number of rotatable bonds is 8. The number of anilines is 1. The van der Waals surface area contributed by atoms with Crippen molar-refractivity contribution in [2.75, 3.05) is 5.32 Å². The maximum atomic E-state index is 13.6. The average molecular weight is 581 g/mol. The Hall–Kier alpha value is -5.11. The second-order valence-electron chi connectivity index (χ2n) is 8.33. The van der Waals surface area contributed by atoms with Crippen molar-refractivity contribution in [3.63, 3.8) is 0 Å². The third-order valence-electron chi connectivity index (χ3n) is 5.29. The summed E-state index contributed by atoms with van der Waals surface area (Å²) in [6, 6.07) is 18.8. The highest BCUT2D eigenvalue weighted by atomic mass is 32.2. The van der Waals surface area contributed by atoms with Gasteiger partial charge in [0.15, 0.2) is 5.16 Å². The molecule has 0 fully saturated rings. The molecule has 4 aromatic rings. The van der Waals surface area contributed by atoms with Crippen LogP contribution in [0.3, 0.4) is 0 Å². The molecule has 4 rings (SSSR count). The lowest BCUT2D eigenvalue weighted by Gasteiger charge is -2.11. The van der Waals surface area contributed by atoms with Gasteiger partial charge in [0.2, 0.25) is 5.91 Å². The molecule has 2 N–H and O–H groups in total. The first-order valence-corrected chi connectivity index (χ1v) is 12.5. The zero-order valence-electron chi connectivity index (χ0n) is 21.0. The van der Waals surface area contributed by atoms with Crippen molar-refractivity contribution in [3.8, 4) is 11.3 Å². The first kappa shape index (κ1) is 28.9. The van der Waals surface area contributed by atoms with Gasteiger partial charge in [-0.3, -0.25) is 19.7 Å². The summed E-state index contributed by atoms with van der Waals surface area (Å²) in [5.74, 6) is -0.960. The third-order valence-corrected chi connectivity index (χ3v) is 6.24. The molecule has 2 amide bonds. The van der Waals surface area contributed by atoms with E-state index in [1.165, 1.54) is 31.2 Å². The fourth-order valence-electron chi connectivity index (χ4n) is 3.48. The molecule has 0 aliphatic heterocycles. The fraction of sp³-hybridized carbons (Fsp3) is 0.0741. The number of amides is 2. The highest BCUT2D eigenvalue weighted by Gasteiger charge is 2.34. The molecule has 0 aliphatic rings. The molecule has 3 aromatic carbocycles. The minimum absolute atomic E-state index is 0.0429. The topological polar surface area (TPSA) is 139 Å². The van der Waals surface area contributed by atoms with Crippen LogP contribution in [0.2, 0.25) is 0 Å². The molecule has 41 heavy (non-hydrogen) atoms. The van der Waals surface area contributed by atoms with Crippen molar-refractivity contribution in [3.05, 3.63) is 106 Å². The van der Waals surface area contributed by atoms with Crippen LogP contribution in [0.25, 0.3) is 11.3 Å². The van der Waals surface area contributed by atoms with Gasteiger partial charge in [-0.25, -0.2) is 15.4 Å². The van der Waals surface area contributed by atoms with Crippen LogP contribution in [-0.2, 0) is 11.0 Å². The van der Waals surface area contributed by atoms with E-state index in [0.717, 1.165) is 30.1 Å². The quantitative estimate of drug-likeness (QED) is 0.114. The van der Waals surface area contributed by atoms with Gasteiger partial charge in [0.1, 0.15) is 5.69 Å². The molecule has 0 bridgehead atoms. The molecule has 0 saturated heterocycles. The average Bonchev–Trinajstić information content (AvgIpc) is 2.93. The first-order valence-electron chi connectivity index (χ1n) is 11.7. The van der Waals surface area contributed by atoms with Crippen molar-refractivity contribution in [1.82, 2.24) is 15.4 Å². The number of non-ortho nitro benzene ring substituents is 1. The van der Waals surface area contributed by atoms with Crippen LogP contribution in [0.1, 0.15) is 28.5 Å². The SMILES string of the molecule is CC(=O)Nc1cccc(C(=O)N/N=C/c2cc([N+](=O)[O-])ccc2Sc2nc(-c3ccccc3)cc(C(F)(F)F)n2)c1. The van der Waals surface area contributed by atoms with E-state index in [9.17, 15) is 32.9 Å². The van der Waals surface area contributed by atoms with Crippen LogP contribution >= 0.6 is 11.8 Å². The van der Waals surface area contributed by atoms with Crippen molar-refractivity contribution in [1.29, 1.82) is 0 Å². The number of carbonyl (C=O) groups is 2. The summed E-state index contributed by atoms with van der Waals surface area (Å²) in [5.41, 5.74) is 2.00. The molecule has 1 heterocycles. The number of nitrogens with zero attached hydrogens (tertiary/aromatic N) is 4. The number of benzene rings is 3. The van der Waals surface area contributed by atoms with Gasteiger partial charge in [-0.1, -0.05) is 36.4 Å². The van der Waals surface area contributed by atoms with E-state index >= 15 is 0 Å². The molecule has 1 aromatic heterocycles. The summed E-state index contributed by atoms with van der Waals surface area (Å²) in [6.07, 6.45) is -3.63. The van der Waals surface area contributed by atoms with E-state index in [2.05, 4.69) is 25.8 Å². The minimum Gasteiger partial charge on any atom is -0.326 e. The molecule has 0 saturated carbocycles. The molecule has 0 unspecified atom stereocenters. The van der Waals surface area contributed by atoms with Gasteiger partial charge < -0.3 is 5.32 Å². The maximum absolute atomic E-state index is 13.6. The summed E-state index contributed by atoms with van der Waals surface area (Å²) in [4.78, 5) is 42.7. The Morgan fingerprint density at radius 3 is 2.44 bits per heavy atom. The summed E-state index contributed by atoms with van der Waals surface area (Å²) in [6.45, 7) is 1.32. The van der Waals surface area contributed by atoms with E-state index in [1.54, 1.807) is 42.5 Å². The second kappa shape index (κ2) is 12.4. The van der Waals surface area contributed by atoms with Crippen molar-refractivity contribution in [2.24, 2.45) is 5.10 Å². The third kappa shape index (κ3) is 7.73. The molecule has 0 aliphatic carbocycles. The second-order valence-corrected chi connectivity index (χ2v) is 9.34. The number of nitro benzene ring substituents is 1. The summed E-state index contributed by atoms with van der Waals surface area (Å²) >= 11 is 0.748. The fourth-order valence-corrected chi connectivity index (χ4v) is 4.33. The van der Waals surface area contributed by atoms with Crippen LogP contribution < -0.4 is 10.7 Å². The molecule has 0 atom stereocenters. The van der Waals surface area contributed by atoms with Gasteiger partial charge in [-0.15, -0.1) is 0 Å². The number of carbonyl (C=O) groups excluding carboxylic acids is 2. The molecule has 208 valence electrons. The largest absolute Gasteiger partial charge is 0.433 e. The molecule has 0 radical (unpaired) electrons. The Balaban J connectivity index is 1.64. The lowest BCUT2D eigenvalue weighted by Crippen LogP contribution is -2.18. The zero-order valence-corrected chi connectivity index (χ0v) is 21.9. The maximum Gasteiger partial charge on any atom is 0.433 e. The summed E-state index contributed by atoms with van der Waals surface area (Å²) < 4.78 is 40.9. The van der Waals surface area contributed by atoms with Crippen molar-refractivity contribution in [2.45, 2.75) is 23.2 Å². The standard InChI is InChI=1S/C27H19F3N6O4S/c1-16(37)32-20-9-5-8-18(12-20)25(38)35-31-15-19-13-21(36(39)40)10-11-23(19)41-26-33-22(17-6-3-2-4-7-17)14-24(34-26)27(28,29)30/h2-15H,1H3,(H,32,37)(H,35,38)/b31-15+. The minimum atomic E-state index is -4.75. The smallest absolute Gasteiger partial charge is 0.326 e. The number of nitro groups is 1. The summed E-state index contributed by atoms with van der Waals surface area (Å²) in [7, 11) is 0. The number of nitrogens with one attached hydrogen (secondary N) is 2. The highest BCUT2D eigenvalue weighted by Crippen LogP contribution is 2.35. The van der Waals surface area contributed by atoms with Gasteiger partial charge in [0.05, 0.1) is 16.8 Å². The Morgan fingerprint density at radius 1 is 1.00 bits per heavy atom. The Labute approximate surface area is 234 Å². The van der Waals surface area contributed by atoms with E-state index in [0.29, 0.717) is 11.3 Å². The van der Waals surface area contributed by atoms with E-state index < -0.39 is 22.7 Å². The molecular formula is C27H19F3N6O4S. The molecule has 10 nitrogen and oxygen atoms in total. The van der Waals surface area contributed by atoms with Crippen LogP contribution in [0.4, 0.5) is 24.5 Å². The normalized spacial score (nSPS) is 11.3. The molecular weight excluding hydrogens is 561 g/mol. The number of hydrazone groups is 1. The summed E-state index contributed by atoms with van der Waals surface area (Å²) in [5, 5.41) is 17.5. The van der Waals surface area contributed by atoms with Gasteiger partial charge >= 0.3 is 6.18 Å². The predicted octanol–water partition coefficient (Wildman–Crippen LogP) is 5.94. The van der Waals surface area contributed by atoms with Gasteiger partial charge in [-0.05, 0) is 42.1 Å². The van der Waals surface area contributed by atoms with E-state index in [-0.39, 0.29) is 38.5 Å². The van der Waals surface area contributed by atoms with E-state index in [1.807, 2.05) is 0 Å². The Bertz CT molecular complexity index is 1650. The van der Waals surface area contributed by atoms with Crippen LogP contribution in [0.15, 0.2) is 94.0 Å². The monoisotopic (exact) mass is 580 g/mol. The van der Waals surface area contributed by atoms with Gasteiger partial charge in [-0.2, -0.15) is 18.3 Å². The lowest BCUT2D eigenvalue weighted by molar-refractivity contribution is -0.384. The highest BCUT2D eigenvalue weighted by molar-refractivity contribution is 7.99. The predicted molar refractivity (Wildman–Crippen MR) is 145 cm³/mol. The lowest BCUT2D eigenvalue weighted by atomic mass is 10.1. The van der Waals surface area contributed by atoms with Crippen LogP contribution in [-0.4, -0.2) is 32.9 Å². The Morgan fingerprint density at radius 2 is 1.76 bits per heavy atom. The Kier molecular flexibility index (Phi) is 8.72. The van der Waals surface area contributed by atoms with Crippen LogP contribution in [0.5, 0.6) is 0 Å². The van der Waals surface area contributed by atoms with Gasteiger partial charge in [0, 0.05) is 46.3 Å². The number of hydrogen-bond acceptors (Lipinski definition) is 8. The number of hydrogen-bond donors (Lipinski definition) is 2. The van der Waals surface area contributed by atoms with Crippen molar-refractivity contribution >= 4 is 41.2 Å². The van der Waals surface area contributed by atoms with E-state index in [4.69, 9.17) is 0 Å².